The Morgan fingerprint density at radius 1 is 1.50 bits per heavy atom. The second-order valence-corrected chi connectivity index (χ2v) is 3.99. The molecule has 0 saturated heterocycles. The van der Waals surface area contributed by atoms with Crippen LogP contribution < -0.4 is 5.32 Å². The van der Waals surface area contributed by atoms with Gasteiger partial charge in [0.2, 0.25) is 0 Å². The Kier molecular flexibility index (Phi) is 2.55. The smallest absolute Gasteiger partial charge is 0.0915 e. The van der Waals surface area contributed by atoms with Gasteiger partial charge in [-0.3, -0.25) is 0 Å². The van der Waals surface area contributed by atoms with E-state index in [1.807, 2.05) is 18.2 Å². The van der Waals surface area contributed by atoms with Gasteiger partial charge in [0.1, 0.15) is 0 Å². The largest absolute Gasteiger partial charge is 0.383 e. The molecule has 0 aromatic heterocycles. The second-order valence-electron chi connectivity index (χ2n) is 3.14. The zero-order valence-electron chi connectivity index (χ0n) is 7.55. The lowest BCUT2D eigenvalue weighted by Crippen LogP contribution is -2.11. The lowest BCUT2D eigenvalue weighted by atomic mass is 9.97. The summed E-state index contributed by atoms with van der Waals surface area (Å²) in [4.78, 5) is 0. The second kappa shape index (κ2) is 3.85. The molecule has 1 aliphatic rings. The standard InChI is InChI=1S/C11H9BrN2/c12-10-3-1-2-9-8(4-6-13)5-7-14-11(9)10/h1-4,14H,5,7H2. The van der Waals surface area contributed by atoms with Crippen LogP contribution in [0.5, 0.6) is 0 Å². The normalized spacial score (nSPS) is 17.0. The maximum Gasteiger partial charge on any atom is 0.0915 e. The third-order valence-corrected chi connectivity index (χ3v) is 2.96. The predicted octanol–water partition coefficient (Wildman–Crippen LogP) is 3.17. The first-order valence-corrected chi connectivity index (χ1v) is 5.23. The van der Waals surface area contributed by atoms with Crippen molar-refractivity contribution in [1.82, 2.24) is 0 Å². The van der Waals surface area contributed by atoms with E-state index >= 15 is 0 Å². The van der Waals surface area contributed by atoms with Crippen molar-refractivity contribution >= 4 is 27.2 Å². The molecule has 0 fully saturated rings. The van der Waals surface area contributed by atoms with E-state index in [9.17, 15) is 0 Å². The molecule has 0 saturated carbocycles. The molecule has 1 heterocycles. The summed E-state index contributed by atoms with van der Waals surface area (Å²) in [7, 11) is 0. The van der Waals surface area contributed by atoms with Crippen LogP contribution in [-0.2, 0) is 0 Å². The van der Waals surface area contributed by atoms with E-state index in [1.165, 1.54) is 0 Å². The Bertz CT molecular complexity index is 429. The lowest BCUT2D eigenvalue weighted by molar-refractivity contribution is 1.05. The summed E-state index contributed by atoms with van der Waals surface area (Å²) in [5, 5.41) is 12.0. The van der Waals surface area contributed by atoms with Gasteiger partial charge < -0.3 is 5.32 Å². The van der Waals surface area contributed by atoms with Crippen molar-refractivity contribution < 1.29 is 0 Å². The van der Waals surface area contributed by atoms with Gasteiger partial charge in [0.05, 0.1) is 11.8 Å². The number of halogens is 1. The fraction of sp³-hybridized carbons (Fsp3) is 0.182. The molecule has 0 aliphatic carbocycles. The van der Waals surface area contributed by atoms with Crippen LogP contribution in [0, 0.1) is 11.3 Å². The third kappa shape index (κ3) is 1.53. The van der Waals surface area contributed by atoms with Crippen LogP contribution in [0.15, 0.2) is 28.7 Å². The minimum atomic E-state index is 0.892. The van der Waals surface area contributed by atoms with Gasteiger partial charge in [0.15, 0.2) is 0 Å². The number of hydrogen-bond donors (Lipinski definition) is 1. The van der Waals surface area contributed by atoms with Gasteiger partial charge in [-0.25, -0.2) is 0 Å². The van der Waals surface area contributed by atoms with Gasteiger partial charge in [0.25, 0.3) is 0 Å². The molecule has 1 aliphatic heterocycles. The number of benzene rings is 1. The van der Waals surface area contributed by atoms with Crippen LogP contribution in [0.3, 0.4) is 0 Å². The highest BCUT2D eigenvalue weighted by atomic mass is 79.9. The average Bonchev–Trinajstić information content (AvgIpc) is 2.20. The first-order chi connectivity index (χ1) is 6.83. The molecule has 0 unspecified atom stereocenters. The highest BCUT2D eigenvalue weighted by Gasteiger charge is 2.14. The molecule has 0 atom stereocenters. The van der Waals surface area contributed by atoms with E-state index in [0.29, 0.717) is 0 Å². The van der Waals surface area contributed by atoms with Crippen LogP contribution >= 0.6 is 15.9 Å². The summed E-state index contributed by atoms with van der Waals surface area (Å²) < 4.78 is 1.05. The molecule has 0 spiro atoms. The highest BCUT2D eigenvalue weighted by molar-refractivity contribution is 9.10. The average molecular weight is 249 g/mol. The SMILES string of the molecule is N#CC=C1CCNc2c(Br)cccc21. The van der Waals surface area contributed by atoms with E-state index < -0.39 is 0 Å². The van der Waals surface area contributed by atoms with Crippen molar-refractivity contribution in [3.8, 4) is 6.07 Å². The number of allylic oxidation sites excluding steroid dienone is 1. The van der Waals surface area contributed by atoms with Crippen molar-refractivity contribution in [2.75, 3.05) is 11.9 Å². The molecule has 0 bridgehead atoms. The monoisotopic (exact) mass is 248 g/mol. The number of para-hydroxylation sites is 1. The maximum absolute atomic E-state index is 8.65. The number of hydrogen-bond acceptors (Lipinski definition) is 2. The van der Waals surface area contributed by atoms with Crippen molar-refractivity contribution in [1.29, 1.82) is 5.26 Å². The molecule has 1 aromatic rings. The summed E-state index contributed by atoms with van der Waals surface area (Å²) in [6, 6.07) is 8.12. The number of nitrogens with zero attached hydrogens (tertiary/aromatic N) is 1. The Hall–Kier alpha value is -1.27. The van der Waals surface area contributed by atoms with Gasteiger partial charge >= 0.3 is 0 Å². The van der Waals surface area contributed by atoms with Gasteiger partial charge in [-0.2, -0.15) is 5.26 Å². The molecular formula is C11H9BrN2. The van der Waals surface area contributed by atoms with Crippen molar-refractivity contribution in [2.24, 2.45) is 0 Å². The van der Waals surface area contributed by atoms with E-state index in [2.05, 4.69) is 27.3 Å². The minimum Gasteiger partial charge on any atom is -0.383 e. The van der Waals surface area contributed by atoms with Crippen LogP contribution in [0.2, 0.25) is 0 Å². The van der Waals surface area contributed by atoms with Crippen molar-refractivity contribution in [3.63, 3.8) is 0 Å². The summed E-state index contributed by atoms with van der Waals surface area (Å²) >= 11 is 3.49. The van der Waals surface area contributed by atoms with Crippen LogP contribution in [0.1, 0.15) is 12.0 Å². The zero-order chi connectivity index (χ0) is 9.97. The topological polar surface area (TPSA) is 35.8 Å². The Morgan fingerprint density at radius 2 is 2.36 bits per heavy atom. The summed E-state index contributed by atoms with van der Waals surface area (Å²) in [6.07, 6.45) is 2.54. The molecule has 70 valence electrons. The summed E-state index contributed by atoms with van der Waals surface area (Å²) in [6.45, 7) is 0.892. The summed E-state index contributed by atoms with van der Waals surface area (Å²) in [5.41, 5.74) is 3.34. The number of anilines is 1. The molecular weight excluding hydrogens is 240 g/mol. The van der Waals surface area contributed by atoms with E-state index in [-0.39, 0.29) is 0 Å². The fourth-order valence-corrected chi connectivity index (χ4v) is 2.16. The van der Waals surface area contributed by atoms with Gasteiger partial charge in [-0.1, -0.05) is 12.1 Å². The van der Waals surface area contributed by atoms with E-state index in [4.69, 9.17) is 5.26 Å². The Labute approximate surface area is 91.4 Å². The van der Waals surface area contributed by atoms with Crippen molar-refractivity contribution in [2.45, 2.75) is 6.42 Å². The number of nitriles is 1. The van der Waals surface area contributed by atoms with Gasteiger partial charge in [-0.05, 0) is 34.0 Å². The molecule has 2 nitrogen and oxygen atoms in total. The quantitative estimate of drug-likeness (QED) is 0.717. The van der Waals surface area contributed by atoms with Crippen molar-refractivity contribution in [3.05, 3.63) is 34.3 Å². The molecule has 0 amide bonds. The molecule has 2 rings (SSSR count). The molecule has 1 aromatic carbocycles. The zero-order valence-corrected chi connectivity index (χ0v) is 9.13. The first kappa shape index (κ1) is 9.29. The third-order valence-electron chi connectivity index (χ3n) is 2.29. The molecule has 0 radical (unpaired) electrons. The highest BCUT2D eigenvalue weighted by Crippen LogP contribution is 2.35. The lowest BCUT2D eigenvalue weighted by Gasteiger charge is -2.21. The first-order valence-electron chi connectivity index (χ1n) is 4.44. The van der Waals surface area contributed by atoms with Gasteiger partial charge in [-0.15, -0.1) is 0 Å². The minimum absolute atomic E-state index is 0.892. The van der Waals surface area contributed by atoms with Crippen LogP contribution in [0.25, 0.3) is 5.57 Å². The number of fused-ring (bicyclic) bond motifs is 1. The van der Waals surface area contributed by atoms with E-state index in [1.54, 1.807) is 6.08 Å². The van der Waals surface area contributed by atoms with Gasteiger partial charge in [0, 0.05) is 22.7 Å². The number of rotatable bonds is 0. The summed E-state index contributed by atoms with van der Waals surface area (Å²) in [5.74, 6) is 0. The maximum atomic E-state index is 8.65. The fourth-order valence-electron chi connectivity index (χ4n) is 1.66. The van der Waals surface area contributed by atoms with E-state index in [0.717, 1.165) is 34.3 Å². The van der Waals surface area contributed by atoms with Crippen LogP contribution in [-0.4, -0.2) is 6.54 Å². The molecule has 14 heavy (non-hydrogen) atoms. The Morgan fingerprint density at radius 3 is 3.14 bits per heavy atom. The van der Waals surface area contributed by atoms with Crippen LogP contribution in [0.4, 0.5) is 5.69 Å². The predicted molar refractivity (Wildman–Crippen MR) is 60.8 cm³/mol. The number of nitrogens with one attached hydrogen (secondary N) is 1. The Balaban J connectivity index is 2.57. The molecule has 3 heteroatoms. The molecule has 1 N–H and O–H groups in total.